The summed E-state index contributed by atoms with van der Waals surface area (Å²) in [5, 5.41) is 4.79. The molecule has 0 aliphatic rings. The van der Waals surface area contributed by atoms with Crippen LogP contribution < -0.4 is 5.73 Å². The number of halogens is 2. The Labute approximate surface area is 114 Å². The lowest BCUT2D eigenvalue weighted by molar-refractivity contribution is 0.618. The molecule has 0 unspecified atom stereocenters. The Morgan fingerprint density at radius 2 is 2.28 bits per heavy atom. The van der Waals surface area contributed by atoms with E-state index in [4.69, 9.17) is 29.6 Å². The summed E-state index contributed by atoms with van der Waals surface area (Å²) >= 11 is 10.9. The number of hydrogen-bond donors (Lipinski definition) is 1. The average molecular weight is 284 g/mol. The van der Waals surface area contributed by atoms with Gasteiger partial charge in [-0.25, -0.2) is 4.39 Å². The van der Waals surface area contributed by atoms with Crippen molar-refractivity contribution in [2.24, 2.45) is 5.73 Å². The first kappa shape index (κ1) is 13.0. The van der Waals surface area contributed by atoms with E-state index in [-0.39, 0.29) is 10.8 Å². The van der Waals surface area contributed by atoms with Crippen LogP contribution in [0, 0.1) is 12.7 Å². The zero-order valence-electron chi connectivity index (χ0n) is 9.65. The Balaban J connectivity index is 2.38. The first-order chi connectivity index (χ1) is 8.47. The van der Waals surface area contributed by atoms with Gasteiger partial charge in [0.25, 0.3) is 0 Å². The number of nitrogens with two attached hydrogens (primary N) is 1. The van der Waals surface area contributed by atoms with Gasteiger partial charge in [0.2, 0.25) is 0 Å². The SMILES string of the molecule is Cc1nn(Cc2cc(F)ccc2C(N)=S)cc1Cl. The van der Waals surface area contributed by atoms with Gasteiger partial charge in [-0.15, -0.1) is 0 Å². The molecule has 6 heteroatoms. The third kappa shape index (κ3) is 2.68. The molecule has 3 nitrogen and oxygen atoms in total. The summed E-state index contributed by atoms with van der Waals surface area (Å²) in [7, 11) is 0. The van der Waals surface area contributed by atoms with Gasteiger partial charge in [0.15, 0.2) is 0 Å². The number of rotatable bonds is 3. The number of thiocarbonyl (C=S) groups is 1. The van der Waals surface area contributed by atoms with Gasteiger partial charge in [-0.05, 0) is 30.7 Å². The minimum absolute atomic E-state index is 0.236. The Hall–Kier alpha value is -1.46. The van der Waals surface area contributed by atoms with Crippen molar-refractivity contribution < 1.29 is 4.39 Å². The van der Waals surface area contributed by atoms with E-state index in [1.165, 1.54) is 12.1 Å². The van der Waals surface area contributed by atoms with E-state index in [0.717, 1.165) is 5.69 Å². The Bertz CT molecular complexity index is 590. The van der Waals surface area contributed by atoms with Gasteiger partial charge in [-0.1, -0.05) is 23.8 Å². The molecular weight excluding hydrogens is 273 g/mol. The van der Waals surface area contributed by atoms with Crippen LogP contribution in [-0.2, 0) is 6.54 Å². The largest absolute Gasteiger partial charge is 0.389 e. The summed E-state index contributed by atoms with van der Waals surface area (Å²) in [6.07, 6.45) is 1.69. The minimum atomic E-state index is -0.333. The smallest absolute Gasteiger partial charge is 0.123 e. The van der Waals surface area contributed by atoms with E-state index in [1.807, 2.05) is 0 Å². The van der Waals surface area contributed by atoms with Gasteiger partial charge in [-0.2, -0.15) is 5.10 Å². The first-order valence-corrected chi connectivity index (χ1v) is 6.04. The van der Waals surface area contributed by atoms with Gasteiger partial charge < -0.3 is 5.73 Å². The van der Waals surface area contributed by atoms with E-state index in [2.05, 4.69) is 5.10 Å². The predicted molar refractivity (Wildman–Crippen MR) is 73.4 cm³/mol. The van der Waals surface area contributed by atoms with Crippen LogP contribution in [-0.4, -0.2) is 14.8 Å². The van der Waals surface area contributed by atoms with Crippen LogP contribution in [0.3, 0.4) is 0 Å². The monoisotopic (exact) mass is 283 g/mol. The lowest BCUT2D eigenvalue weighted by Crippen LogP contribution is -2.14. The number of benzene rings is 1. The maximum atomic E-state index is 13.3. The van der Waals surface area contributed by atoms with Gasteiger partial charge >= 0.3 is 0 Å². The molecule has 0 saturated carbocycles. The number of aromatic nitrogens is 2. The molecule has 0 radical (unpaired) electrons. The molecule has 2 rings (SSSR count). The van der Waals surface area contributed by atoms with E-state index < -0.39 is 0 Å². The van der Waals surface area contributed by atoms with Crippen molar-refractivity contribution in [1.82, 2.24) is 9.78 Å². The summed E-state index contributed by atoms with van der Waals surface area (Å²) in [4.78, 5) is 0.236. The molecule has 1 aromatic heterocycles. The van der Waals surface area contributed by atoms with Crippen LogP contribution in [0.25, 0.3) is 0 Å². The lowest BCUT2D eigenvalue weighted by atomic mass is 10.1. The average Bonchev–Trinajstić information content (AvgIpc) is 2.57. The number of hydrogen-bond acceptors (Lipinski definition) is 2. The molecule has 0 aliphatic carbocycles. The molecule has 18 heavy (non-hydrogen) atoms. The van der Waals surface area contributed by atoms with Gasteiger partial charge in [0, 0.05) is 11.8 Å². The summed E-state index contributed by atoms with van der Waals surface area (Å²) in [5.74, 6) is -0.333. The van der Waals surface area contributed by atoms with Crippen molar-refractivity contribution >= 4 is 28.8 Å². The lowest BCUT2D eigenvalue weighted by Gasteiger charge is -2.08. The molecule has 94 valence electrons. The second-order valence-electron chi connectivity index (χ2n) is 3.93. The van der Waals surface area contributed by atoms with Crippen LogP contribution in [0.15, 0.2) is 24.4 Å². The highest BCUT2D eigenvalue weighted by Gasteiger charge is 2.09. The fraction of sp³-hybridized carbons (Fsp3) is 0.167. The third-order valence-electron chi connectivity index (χ3n) is 2.55. The quantitative estimate of drug-likeness (QED) is 0.881. The van der Waals surface area contributed by atoms with Crippen LogP contribution in [0.5, 0.6) is 0 Å². The normalized spacial score (nSPS) is 10.6. The van der Waals surface area contributed by atoms with Crippen molar-refractivity contribution in [1.29, 1.82) is 0 Å². The summed E-state index contributed by atoms with van der Waals surface area (Å²) in [6, 6.07) is 4.31. The van der Waals surface area contributed by atoms with Gasteiger partial charge in [0.1, 0.15) is 10.8 Å². The topological polar surface area (TPSA) is 43.8 Å². The predicted octanol–water partition coefficient (Wildman–Crippen LogP) is 2.67. The molecule has 1 aromatic carbocycles. The molecule has 0 bridgehead atoms. The molecule has 2 aromatic rings. The van der Waals surface area contributed by atoms with Gasteiger partial charge in [-0.3, -0.25) is 4.68 Å². The van der Waals surface area contributed by atoms with Crippen LogP contribution in [0.1, 0.15) is 16.8 Å². The van der Waals surface area contributed by atoms with Crippen LogP contribution in [0.2, 0.25) is 5.02 Å². The fourth-order valence-corrected chi connectivity index (χ4v) is 2.03. The minimum Gasteiger partial charge on any atom is -0.389 e. The second kappa shape index (κ2) is 5.04. The maximum absolute atomic E-state index is 13.3. The van der Waals surface area contributed by atoms with Crippen molar-refractivity contribution in [2.45, 2.75) is 13.5 Å². The van der Waals surface area contributed by atoms with E-state index >= 15 is 0 Å². The summed E-state index contributed by atoms with van der Waals surface area (Å²) in [6.45, 7) is 2.18. The molecule has 0 spiro atoms. The third-order valence-corrected chi connectivity index (χ3v) is 3.14. The zero-order valence-corrected chi connectivity index (χ0v) is 11.2. The van der Waals surface area contributed by atoms with E-state index in [9.17, 15) is 4.39 Å². The zero-order chi connectivity index (χ0) is 13.3. The molecule has 1 heterocycles. The molecule has 0 fully saturated rings. The summed E-state index contributed by atoms with van der Waals surface area (Å²) in [5.41, 5.74) is 7.66. The van der Waals surface area contributed by atoms with Crippen molar-refractivity contribution in [3.8, 4) is 0 Å². The first-order valence-electron chi connectivity index (χ1n) is 5.25. The molecule has 0 aliphatic heterocycles. The van der Waals surface area contributed by atoms with Crippen molar-refractivity contribution in [3.63, 3.8) is 0 Å². The van der Waals surface area contributed by atoms with Crippen LogP contribution >= 0.6 is 23.8 Å². The number of nitrogens with zero attached hydrogens (tertiary/aromatic N) is 2. The Kier molecular flexibility index (Phi) is 3.63. The molecule has 0 amide bonds. The molecule has 0 saturated heterocycles. The second-order valence-corrected chi connectivity index (χ2v) is 4.77. The van der Waals surface area contributed by atoms with Gasteiger partial charge in [0.05, 0.1) is 17.3 Å². The molecular formula is C12H11ClFN3S. The highest BCUT2D eigenvalue weighted by atomic mass is 35.5. The highest BCUT2D eigenvalue weighted by molar-refractivity contribution is 7.80. The fourth-order valence-electron chi connectivity index (χ4n) is 1.68. The van der Waals surface area contributed by atoms with E-state index in [1.54, 1.807) is 23.9 Å². The van der Waals surface area contributed by atoms with Crippen molar-refractivity contribution in [3.05, 3.63) is 52.1 Å². The highest BCUT2D eigenvalue weighted by Crippen LogP contribution is 2.16. The number of aryl methyl sites for hydroxylation is 1. The van der Waals surface area contributed by atoms with Crippen molar-refractivity contribution in [2.75, 3.05) is 0 Å². The standard InChI is InChI=1S/C12H11ClFN3S/c1-7-11(13)6-17(16-7)5-8-4-9(14)2-3-10(8)12(15)18/h2-4,6H,5H2,1H3,(H2,15,18). The molecule has 2 N–H and O–H groups in total. The summed E-state index contributed by atoms with van der Waals surface area (Å²) < 4.78 is 14.9. The van der Waals surface area contributed by atoms with E-state index in [0.29, 0.717) is 22.7 Å². The maximum Gasteiger partial charge on any atom is 0.123 e. The molecule has 0 atom stereocenters. The Morgan fingerprint density at radius 1 is 1.56 bits per heavy atom. The van der Waals surface area contributed by atoms with Crippen LogP contribution in [0.4, 0.5) is 4.39 Å². The Morgan fingerprint density at radius 3 is 2.83 bits per heavy atom.